The van der Waals surface area contributed by atoms with Crippen molar-refractivity contribution in [2.24, 2.45) is 0 Å². The zero-order chi connectivity index (χ0) is 25.0. The van der Waals surface area contributed by atoms with Gasteiger partial charge in [-0.15, -0.1) is 0 Å². The molecule has 1 N–H and O–H groups in total. The molecule has 1 unspecified atom stereocenters. The number of piperazine rings is 1. The Morgan fingerprint density at radius 3 is 2.26 bits per heavy atom. The van der Waals surface area contributed by atoms with Crippen molar-refractivity contribution in [3.63, 3.8) is 0 Å². The third-order valence-electron chi connectivity index (χ3n) is 5.54. The number of anilines is 2. The number of ether oxygens (including phenoxy) is 1. The molecule has 0 bridgehead atoms. The molecule has 2 aromatic carbocycles. The van der Waals surface area contributed by atoms with E-state index in [1.54, 1.807) is 24.0 Å². The Hall–Kier alpha value is -3.09. The molecular weight excluding hydrogens is 467 g/mol. The fraction of sp³-hybridized carbons (Fsp3) is 0.409. The van der Waals surface area contributed by atoms with Gasteiger partial charge in [-0.3, -0.25) is 14.9 Å². The average Bonchev–Trinajstić information content (AvgIpc) is 2.78. The van der Waals surface area contributed by atoms with E-state index < -0.39 is 26.8 Å². The summed E-state index contributed by atoms with van der Waals surface area (Å²) in [6.45, 7) is 4.66. The molecule has 10 nitrogen and oxygen atoms in total. The molecule has 0 aromatic heterocycles. The SMILES string of the molecule is COCC(C)NS(=O)(=O)c1ccc(N2CCN(c3ccc(C(C)=O)cc3F)CC2)c([N+](=O)[O-])c1. The molecule has 1 atom stereocenters. The number of nitrogens with zero attached hydrogens (tertiary/aromatic N) is 3. The molecule has 0 saturated carbocycles. The van der Waals surface area contributed by atoms with E-state index in [2.05, 4.69) is 4.72 Å². The Balaban J connectivity index is 1.78. The number of Topliss-reactive ketones (excluding diaryl/α,β-unsaturated/α-hetero) is 1. The monoisotopic (exact) mass is 494 g/mol. The van der Waals surface area contributed by atoms with Gasteiger partial charge in [-0.2, -0.15) is 0 Å². The lowest BCUT2D eigenvalue weighted by Gasteiger charge is -2.37. The number of nitro groups is 1. The summed E-state index contributed by atoms with van der Waals surface area (Å²) in [5.41, 5.74) is 0.613. The van der Waals surface area contributed by atoms with Crippen LogP contribution in [-0.2, 0) is 14.8 Å². The molecule has 2 aromatic rings. The van der Waals surface area contributed by atoms with Crippen LogP contribution in [0.2, 0.25) is 0 Å². The Morgan fingerprint density at radius 2 is 1.74 bits per heavy atom. The van der Waals surface area contributed by atoms with E-state index in [1.165, 1.54) is 32.2 Å². The van der Waals surface area contributed by atoms with Gasteiger partial charge in [0.05, 0.1) is 22.1 Å². The molecule has 12 heteroatoms. The van der Waals surface area contributed by atoms with Crippen LogP contribution in [0.5, 0.6) is 0 Å². The van der Waals surface area contributed by atoms with E-state index in [1.807, 2.05) is 4.90 Å². The van der Waals surface area contributed by atoms with Crippen LogP contribution >= 0.6 is 0 Å². The number of nitro benzene ring substituents is 1. The maximum Gasteiger partial charge on any atom is 0.293 e. The second-order valence-electron chi connectivity index (χ2n) is 8.08. The summed E-state index contributed by atoms with van der Waals surface area (Å²) in [4.78, 5) is 25.9. The first-order chi connectivity index (χ1) is 16.0. The third-order valence-corrected chi connectivity index (χ3v) is 7.13. The summed E-state index contributed by atoms with van der Waals surface area (Å²) in [7, 11) is -2.53. The topological polar surface area (TPSA) is 122 Å². The molecule has 1 aliphatic heterocycles. The summed E-state index contributed by atoms with van der Waals surface area (Å²) in [6, 6.07) is 7.62. The van der Waals surface area contributed by atoms with E-state index in [4.69, 9.17) is 4.74 Å². The molecule has 184 valence electrons. The smallest absolute Gasteiger partial charge is 0.293 e. The maximum atomic E-state index is 14.5. The molecule has 0 aliphatic carbocycles. The van der Waals surface area contributed by atoms with Gasteiger partial charge in [-0.1, -0.05) is 0 Å². The van der Waals surface area contributed by atoms with Crippen molar-refractivity contribution in [3.05, 3.63) is 57.9 Å². The summed E-state index contributed by atoms with van der Waals surface area (Å²) >= 11 is 0. The molecular formula is C22H27FN4O6S. The van der Waals surface area contributed by atoms with Gasteiger partial charge >= 0.3 is 0 Å². The normalized spacial score (nSPS) is 15.3. The lowest BCUT2D eigenvalue weighted by atomic mass is 10.1. The van der Waals surface area contributed by atoms with Gasteiger partial charge in [0.1, 0.15) is 11.5 Å². The number of nitrogens with one attached hydrogen (secondary N) is 1. The Morgan fingerprint density at radius 1 is 1.15 bits per heavy atom. The predicted octanol–water partition coefficient (Wildman–Crippen LogP) is 2.58. The van der Waals surface area contributed by atoms with Gasteiger partial charge in [-0.25, -0.2) is 17.5 Å². The molecule has 34 heavy (non-hydrogen) atoms. The molecule has 0 radical (unpaired) electrons. The first kappa shape index (κ1) is 25.5. The van der Waals surface area contributed by atoms with Gasteiger partial charge in [0.15, 0.2) is 5.78 Å². The standard InChI is InChI=1S/C22H27FN4O6S/c1-15(14-33-3)24-34(31,32)18-5-7-21(22(13-18)27(29)30)26-10-8-25(9-11-26)20-6-4-17(16(2)28)12-19(20)23/h4-7,12-13,15,24H,8-11,14H2,1-3H3. The number of methoxy groups -OCH3 is 1. The Labute approximate surface area is 197 Å². The number of carbonyl (C=O) groups excluding carboxylic acids is 1. The molecule has 1 fully saturated rings. The zero-order valence-corrected chi connectivity index (χ0v) is 20.0. The Bertz CT molecular complexity index is 1180. The van der Waals surface area contributed by atoms with Gasteiger partial charge in [0.25, 0.3) is 5.69 Å². The number of halogens is 1. The first-order valence-corrected chi connectivity index (χ1v) is 12.1. The van der Waals surface area contributed by atoms with E-state index in [0.29, 0.717) is 37.6 Å². The van der Waals surface area contributed by atoms with Crippen molar-refractivity contribution in [1.29, 1.82) is 0 Å². The van der Waals surface area contributed by atoms with Crippen molar-refractivity contribution in [2.75, 3.05) is 49.7 Å². The lowest BCUT2D eigenvalue weighted by Crippen LogP contribution is -2.47. The van der Waals surface area contributed by atoms with Gasteiger partial charge in [-0.05, 0) is 44.2 Å². The first-order valence-electron chi connectivity index (χ1n) is 10.6. The number of rotatable bonds is 9. The van der Waals surface area contributed by atoms with Crippen LogP contribution in [0, 0.1) is 15.9 Å². The van der Waals surface area contributed by atoms with Crippen molar-refractivity contribution < 1.29 is 27.3 Å². The fourth-order valence-electron chi connectivity index (χ4n) is 3.87. The number of hydrogen-bond donors (Lipinski definition) is 1. The summed E-state index contributed by atoms with van der Waals surface area (Å²) < 4.78 is 47.1. The van der Waals surface area contributed by atoms with Crippen LogP contribution in [0.1, 0.15) is 24.2 Å². The quantitative estimate of drug-likeness (QED) is 0.321. The summed E-state index contributed by atoms with van der Waals surface area (Å²) in [5.74, 6) is -0.728. The number of sulfonamides is 1. The van der Waals surface area contributed by atoms with E-state index in [9.17, 15) is 27.7 Å². The highest BCUT2D eigenvalue weighted by atomic mass is 32.2. The molecule has 1 saturated heterocycles. The van der Waals surface area contributed by atoms with Crippen LogP contribution < -0.4 is 14.5 Å². The van der Waals surface area contributed by atoms with Gasteiger partial charge in [0, 0.05) is 51.0 Å². The van der Waals surface area contributed by atoms with Crippen LogP contribution in [0.4, 0.5) is 21.5 Å². The summed E-state index contributed by atoms with van der Waals surface area (Å²) in [5, 5.41) is 11.7. The minimum Gasteiger partial charge on any atom is -0.383 e. The number of benzene rings is 2. The van der Waals surface area contributed by atoms with Crippen molar-refractivity contribution in [1.82, 2.24) is 4.72 Å². The molecule has 0 spiro atoms. The van der Waals surface area contributed by atoms with Crippen molar-refractivity contribution in [3.8, 4) is 0 Å². The highest BCUT2D eigenvalue weighted by Crippen LogP contribution is 2.32. The lowest BCUT2D eigenvalue weighted by molar-refractivity contribution is -0.384. The summed E-state index contributed by atoms with van der Waals surface area (Å²) in [6.07, 6.45) is 0. The average molecular weight is 495 g/mol. The zero-order valence-electron chi connectivity index (χ0n) is 19.2. The second kappa shape index (κ2) is 10.5. The predicted molar refractivity (Wildman–Crippen MR) is 126 cm³/mol. The molecule has 0 amide bonds. The molecule has 1 aliphatic rings. The van der Waals surface area contributed by atoms with Gasteiger partial charge < -0.3 is 14.5 Å². The minimum atomic E-state index is -3.97. The van der Waals surface area contributed by atoms with Crippen LogP contribution in [0.25, 0.3) is 0 Å². The second-order valence-corrected chi connectivity index (χ2v) is 9.80. The minimum absolute atomic E-state index is 0.155. The Kier molecular flexibility index (Phi) is 7.85. The van der Waals surface area contributed by atoms with Gasteiger partial charge in [0.2, 0.25) is 10.0 Å². The third kappa shape index (κ3) is 5.69. The van der Waals surface area contributed by atoms with Crippen LogP contribution in [-0.4, -0.2) is 65.1 Å². The van der Waals surface area contributed by atoms with E-state index >= 15 is 0 Å². The van der Waals surface area contributed by atoms with Crippen LogP contribution in [0.15, 0.2) is 41.3 Å². The highest BCUT2D eigenvalue weighted by Gasteiger charge is 2.28. The van der Waals surface area contributed by atoms with Crippen LogP contribution in [0.3, 0.4) is 0 Å². The number of carbonyl (C=O) groups is 1. The largest absolute Gasteiger partial charge is 0.383 e. The van der Waals surface area contributed by atoms with E-state index in [-0.39, 0.29) is 28.5 Å². The fourth-order valence-corrected chi connectivity index (χ4v) is 5.12. The molecule has 1 heterocycles. The van der Waals surface area contributed by atoms with Crippen molar-refractivity contribution >= 4 is 32.9 Å². The maximum absolute atomic E-state index is 14.5. The highest BCUT2D eigenvalue weighted by molar-refractivity contribution is 7.89. The molecule has 3 rings (SSSR count). The van der Waals surface area contributed by atoms with E-state index in [0.717, 1.165) is 6.07 Å². The number of ketones is 1. The van der Waals surface area contributed by atoms with Crippen molar-refractivity contribution in [2.45, 2.75) is 24.8 Å². The number of hydrogen-bond acceptors (Lipinski definition) is 8.